The Bertz CT molecular complexity index is 776. The quantitative estimate of drug-likeness (QED) is 0.467. The van der Waals surface area contributed by atoms with E-state index in [1.165, 1.54) is 24.1 Å². The second-order valence-corrected chi connectivity index (χ2v) is 7.35. The molecule has 2 bridgehead atoms. The van der Waals surface area contributed by atoms with Crippen LogP contribution in [0.5, 0.6) is 5.75 Å². The number of piperidine rings is 1. The molecule has 0 amide bonds. The highest BCUT2D eigenvalue weighted by Crippen LogP contribution is 2.34. The van der Waals surface area contributed by atoms with Crippen molar-refractivity contribution in [1.82, 2.24) is 0 Å². The van der Waals surface area contributed by atoms with E-state index in [0.717, 1.165) is 31.4 Å². The van der Waals surface area contributed by atoms with Crippen molar-refractivity contribution in [2.45, 2.75) is 37.8 Å². The second-order valence-electron chi connectivity index (χ2n) is 7.35. The molecular weight excluding hydrogens is 352 g/mol. The average molecular weight is 377 g/mol. The van der Waals surface area contributed by atoms with Gasteiger partial charge in [0.05, 0.1) is 36.9 Å². The first-order valence-electron chi connectivity index (χ1n) is 8.96. The Morgan fingerprint density at radius 1 is 1.30 bits per heavy atom. The monoisotopic (exact) mass is 377 g/mol. The van der Waals surface area contributed by atoms with Gasteiger partial charge in [0, 0.05) is 51.9 Å². The van der Waals surface area contributed by atoms with Gasteiger partial charge in [-0.25, -0.2) is 4.79 Å². The molecule has 1 aromatic carbocycles. The van der Waals surface area contributed by atoms with Crippen LogP contribution in [0.15, 0.2) is 17.3 Å². The second kappa shape index (κ2) is 7.51. The lowest BCUT2D eigenvalue weighted by Gasteiger charge is -2.28. The van der Waals surface area contributed by atoms with Gasteiger partial charge in [0.2, 0.25) is 0 Å². The van der Waals surface area contributed by atoms with Crippen molar-refractivity contribution in [1.29, 1.82) is 0 Å². The van der Waals surface area contributed by atoms with Crippen molar-refractivity contribution in [3.05, 3.63) is 27.8 Å². The first-order chi connectivity index (χ1) is 12.8. The predicted molar refractivity (Wildman–Crippen MR) is 99.8 cm³/mol. The summed E-state index contributed by atoms with van der Waals surface area (Å²) in [7, 11) is 6.96. The van der Waals surface area contributed by atoms with E-state index in [9.17, 15) is 14.9 Å². The van der Waals surface area contributed by atoms with Crippen LogP contribution in [0, 0.1) is 10.1 Å². The predicted octanol–water partition coefficient (Wildman–Crippen LogP) is 1.02. The number of nitrogens with zero attached hydrogens (tertiary/aromatic N) is 3. The third-order valence-corrected chi connectivity index (χ3v) is 5.57. The number of methoxy groups -OCH3 is 1. The van der Waals surface area contributed by atoms with Gasteiger partial charge < -0.3 is 19.4 Å². The third kappa shape index (κ3) is 3.73. The Morgan fingerprint density at radius 3 is 2.44 bits per heavy atom. The molecule has 2 aliphatic heterocycles. The zero-order chi connectivity index (χ0) is 19.7. The molecule has 2 saturated heterocycles. The highest BCUT2D eigenvalue weighted by atomic mass is 16.7. The van der Waals surface area contributed by atoms with Gasteiger partial charge in [-0.1, -0.05) is 5.16 Å². The third-order valence-electron chi connectivity index (χ3n) is 5.57. The Hall–Kier alpha value is -2.68. The van der Waals surface area contributed by atoms with Crippen molar-refractivity contribution >= 4 is 23.1 Å². The van der Waals surface area contributed by atoms with Crippen LogP contribution in [0.4, 0.5) is 11.4 Å². The summed E-state index contributed by atoms with van der Waals surface area (Å²) in [6, 6.07) is 3.69. The average Bonchev–Trinajstić information content (AvgIpc) is 2.85. The topological polar surface area (TPSA) is 98.7 Å². The van der Waals surface area contributed by atoms with Crippen molar-refractivity contribution < 1.29 is 24.2 Å². The maximum atomic E-state index is 12.5. The molecule has 1 N–H and O–H groups in total. The first kappa shape index (κ1) is 19.1. The van der Waals surface area contributed by atoms with Crippen molar-refractivity contribution in [3.63, 3.8) is 0 Å². The lowest BCUT2D eigenvalue weighted by molar-refractivity contribution is -0.917. The molecule has 9 heteroatoms. The van der Waals surface area contributed by atoms with E-state index in [1.807, 2.05) is 0 Å². The van der Waals surface area contributed by atoms with E-state index in [0.29, 0.717) is 17.8 Å². The smallest absolute Gasteiger partial charge is 0.369 e. The largest absolute Gasteiger partial charge is 0.496 e. The molecule has 0 aliphatic carbocycles. The van der Waals surface area contributed by atoms with Crippen LogP contribution in [0.3, 0.4) is 0 Å². The van der Waals surface area contributed by atoms with Crippen LogP contribution in [-0.4, -0.2) is 56.9 Å². The highest BCUT2D eigenvalue weighted by molar-refractivity contribution is 5.95. The number of nitro benzene ring substituents is 1. The number of quaternary nitrogens is 1. The zero-order valence-electron chi connectivity index (χ0n) is 16.0. The fraction of sp³-hybridized carbons (Fsp3) is 0.556. The summed E-state index contributed by atoms with van der Waals surface area (Å²) in [4.78, 5) is 31.6. The van der Waals surface area contributed by atoms with Gasteiger partial charge in [0.25, 0.3) is 5.69 Å². The number of fused-ring (bicyclic) bond motifs is 2. The van der Waals surface area contributed by atoms with E-state index in [1.54, 1.807) is 19.0 Å². The van der Waals surface area contributed by atoms with Gasteiger partial charge in [-0.05, 0) is 0 Å². The molecule has 0 aromatic heterocycles. The number of carbonyl (C=O) groups excluding carboxylic acids is 1. The summed E-state index contributed by atoms with van der Waals surface area (Å²) < 4.78 is 5.24. The van der Waals surface area contributed by atoms with Gasteiger partial charge in [-0.2, -0.15) is 0 Å². The zero-order valence-corrected chi connectivity index (χ0v) is 16.0. The minimum absolute atomic E-state index is 0.0133. The number of carbonyl (C=O) groups is 1. The summed E-state index contributed by atoms with van der Waals surface area (Å²) in [5.74, 6) is -0.547. The Morgan fingerprint density at radius 2 is 1.93 bits per heavy atom. The molecule has 1 unspecified atom stereocenters. The molecule has 0 saturated carbocycles. The number of hydrogen-bond acceptors (Lipinski definition) is 7. The van der Waals surface area contributed by atoms with Gasteiger partial charge in [-0.15, -0.1) is 0 Å². The standard InChI is InChI=1S/C18H24N4O5/c1-20(2)15-10-17(26-4)14(9-16(15)22(24)25)18(23)27-19-11-7-12-5-6-13(8-11)21(12)3/h9-10,12-13H,5-8H2,1-4H3/p+1/t12-,13+. The number of benzene rings is 1. The van der Waals surface area contributed by atoms with Crippen LogP contribution in [0.2, 0.25) is 0 Å². The molecule has 3 atom stereocenters. The molecule has 0 radical (unpaired) electrons. The Labute approximate surface area is 157 Å². The normalized spacial score (nSPS) is 25.3. The van der Waals surface area contributed by atoms with Crippen molar-refractivity contribution in [2.24, 2.45) is 5.16 Å². The fourth-order valence-electron chi connectivity index (χ4n) is 3.99. The van der Waals surface area contributed by atoms with Crippen molar-refractivity contribution in [2.75, 3.05) is 33.2 Å². The lowest BCUT2D eigenvalue weighted by atomic mass is 10.0. The van der Waals surface area contributed by atoms with E-state index in [2.05, 4.69) is 12.2 Å². The van der Waals surface area contributed by atoms with E-state index < -0.39 is 10.9 Å². The highest BCUT2D eigenvalue weighted by Gasteiger charge is 2.41. The molecule has 2 fully saturated rings. The van der Waals surface area contributed by atoms with E-state index in [-0.39, 0.29) is 17.0 Å². The SMILES string of the molecule is COc1cc(N(C)C)c([N+](=O)[O-])cc1C(=O)ON=C1C[C@H]2CC[C@@H](C1)[NH+]2C. The van der Waals surface area contributed by atoms with Crippen LogP contribution < -0.4 is 14.5 Å². The number of rotatable bonds is 5. The van der Waals surface area contributed by atoms with Crippen LogP contribution in [0.1, 0.15) is 36.0 Å². The molecule has 146 valence electrons. The van der Waals surface area contributed by atoms with Crippen molar-refractivity contribution in [3.8, 4) is 5.75 Å². The molecule has 1 aromatic rings. The number of ether oxygens (including phenoxy) is 1. The maximum Gasteiger partial charge on any atom is 0.369 e. The molecule has 27 heavy (non-hydrogen) atoms. The fourth-order valence-corrected chi connectivity index (χ4v) is 3.99. The summed E-state index contributed by atoms with van der Waals surface area (Å²) >= 11 is 0. The van der Waals surface area contributed by atoms with E-state index in [4.69, 9.17) is 9.57 Å². The molecule has 3 rings (SSSR count). The maximum absolute atomic E-state index is 12.5. The molecular formula is C18H25N4O5+. The lowest BCUT2D eigenvalue weighted by Crippen LogP contribution is -3.15. The summed E-state index contributed by atoms with van der Waals surface area (Å²) in [6.45, 7) is 0. The van der Waals surface area contributed by atoms with Crippen LogP contribution in [-0.2, 0) is 4.84 Å². The number of nitro groups is 1. The van der Waals surface area contributed by atoms with Gasteiger partial charge in [-0.3, -0.25) is 10.1 Å². The first-order valence-corrected chi connectivity index (χ1v) is 8.96. The van der Waals surface area contributed by atoms with E-state index >= 15 is 0 Å². The molecule has 0 spiro atoms. The van der Waals surface area contributed by atoms with Gasteiger partial charge >= 0.3 is 5.97 Å². The summed E-state index contributed by atoms with van der Waals surface area (Å²) in [5, 5.41) is 15.4. The number of nitrogens with one attached hydrogen (secondary N) is 1. The van der Waals surface area contributed by atoms with Gasteiger partial charge in [0.1, 0.15) is 17.0 Å². The molecule has 2 heterocycles. The number of oxime groups is 1. The van der Waals surface area contributed by atoms with Crippen LogP contribution >= 0.6 is 0 Å². The summed E-state index contributed by atoms with van der Waals surface area (Å²) in [5.41, 5.74) is 1.01. The van der Waals surface area contributed by atoms with Gasteiger partial charge in [0.15, 0.2) is 0 Å². The molecule has 2 aliphatic rings. The van der Waals surface area contributed by atoms with Crippen LogP contribution in [0.25, 0.3) is 0 Å². The minimum Gasteiger partial charge on any atom is -0.496 e. The minimum atomic E-state index is -0.758. The number of hydrogen-bond donors (Lipinski definition) is 1. The molecule has 9 nitrogen and oxygen atoms in total. The Kier molecular flexibility index (Phi) is 5.31. The Balaban J connectivity index is 1.83. The number of anilines is 1. The summed E-state index contributed by atoms with van der Waals surface area (Å²) in [6.07, 6.45) is 3.95.